The van der Waals surface area contributed by atoms with Crippen LogP contribution in [-0.2, 0) is 13.8 Å². The van der Waals surface area contributed by atoms with Crippen LogP contribution in [0.15, 0.2) is 23.1 Å². The first-order valence-corrected chi connectivity index (χ1v) is 8.64. The van der Waals surface area contributed by atoms with Crippen molar-refractivity contribution < 1.29 is 17.9 Å². The highest BCUT2D eigenvalue weighted by Gasteiger charge is 2.20. The molecule has 0 aliphatic carbocycles. The molecule has 1 unspecified atom stereocenters. The van der Waals surface area contributed by atoms with Gasteiger partial charge in [0.1, 0.15) is 17.3 Å². The number of ether oxygens (including phenoxy) is 2. The molecule has 0 saturated carbocycles. The topological polar surface area (TPSA) is 52.6 Å². The van der Waals surface area contributed by atoms with Crippen molar-refractivity contribution in [1.82, 2.24) is 0 Å². The summed E-state index contributed by atoms with van der Waals surface area (Å²) in [5.74, 6) is 0.202. The molecule has 1 saturated heterocycles. The van der Waals surface area contributed by atoms with E-state index in [1.54, 1.807) is 6.07 Å². The van der Waals surface area contributed by atoms with Crippen LogP contribution in [0.25, 0.3) is 0 Å². The van der Waals surface area contributed by atoms with Gasteiger partial charge in [0.2, 0.25) is 0 Å². The molecule has 0 radical (unpaired) electrons. The summed E-state index contributed by atoms with van der Waals surface area (Å²) in [6, 6.07) is 4.34. The molecule has 1 fully saturated rings. The third-order valence-electron chi connectivity index (χ3n) is 2.87. The molecule has 0 amide bonds. The first-order chi connectivity index (χ1) is 8.97. The maximum Gasteiger partial charge on any atom is 0.265 e. The van der Waals surface area contributed by atoms with Gasteiger partial charge in [-0.05, 0) is 37.5 Å². The van der Waals surface area contributed by atoms with E-state index in [2.05, 4.69) is 0 Å². The van der Waals surface area contributed by atoms with Crippen molar-refractivity contribution in [3.05, 3.63) is 23.2 Å². The second kappa shape index (κ2) is 6.31. The van der Waals surface area contributed by atoms with Crippen LogP contribution in [0.4, 0.5) is 0 Å². The molecule has 1 atom stereocenters. The van der Waals surface area contributed by atoms with E-state index in [-0.39, 0.29) is 16.7 Å². The third kappa shape index (κ3) is 4.24. The Hall–Kier alpha value is -0.490. The highest BCUT2D eigenvalue weighted by Crippen LogP contribution is 2.30. The zero-order valence-corrected chi connectivity index (χ0v) is 12.5. The third-order valence-corrected chi connectivity index (χ3v) is 4.45. The lowest BCUT2D eigenvalue weighted by Gasteiger charge is -2.23. The van der Waals surface area contributed by atoms with Gasteiger partial charge in [0.05, 0.1) is 6.10 Å². The van der Waals surface area contributed by atoms with Gasteiger partial charge in [-0.25, -0.2) is 8.42 Å². The summed E-state index contributed by atoms with van der Waals surface area (Å²) in [6.07, 6.45) is 3.06. The van der Waals surface area contributed by atoms with Gasteiger partial charge in [0, 0.05) is 22.3 Å². The van der Waals surface area contributed by atoms with Crippen LogP contribution in [0.3, 0.4) is 0 Å². The van der Waals surface area contributed by atoms with E-state index >= 15 is 0 Å². The average Bonchev–Trinajstić information content (AvgIpc) is 2.37. The molecule has 0 N–H and O–H groups in total. The van der Waals surface area contributed by atoms with Gasteiger partial charge in [-0.3, -0.25) is 0 Å². The molecule has 1 aliphatic rings. The van der Waals surface area contributed by atoms with E-state index in [1.165, 1.54) is 12.1 Å². The van der Waals surface area contributed by atoms with Crippen molar-refractivity contribution in [1.29, 1.82) is 0 Å². The quantitative estimate of drug-likeness (QED) is 0.798. The summed E-state index contributed by atoms with van der Waals surface area (Å²) in [6.45, 7) is 1.02. The van der Waals surface area contributed by atoms with Gasteiger partial charge in [-0.1, -0.05) is 11.6 Å². The minimum atomic E-state index is -3.89. The van der Waals surface area contributed by atoms with E-state index < -0.39 is 9.05 Å². The van der Waals surface area contributed by atoms with Gasteiger partial charge in [-0.15, -0.1) is 0 Å². The van der Waals surface area contributed by atoms with E-state index in [0.717, 1.165) is 25.9 Å². The molecule has 0 bridgehead atoms. The molecule has 1 heterocycles. The highest BCUT2D eigenvalue weighted by molar-refractivity contribution is 8.13. The molecular weight excluding hydrogens is 311 g/mol. The Morgan fingerprint density at radius 2 is 2.16 bits per heavy atom. The van der Waals surface area contributed by atoms with Crippen molar-refractivity contribution in [3.63, 3.8) is 0 Å². The number of hydrogen-bond donors (Lipinski definition) is 0. The monoisotopic (exact) mass is 324 g/mol. The summed E-state index contributed by atoms with van der Waals surface area (Å²) in [7, 11) is 1.47. The maximum absolute atomic E-state index is 11.5. The first kappa shape index (κ1) is 14.9. The first-order valence-electron chi connectivity index (χ1n) is 5.95. The van der Waals surface area contributed by atoms with Crippen molar-refractivity contribution in [3.8, 4) is 5.75 Å². The number of rotatable bonds is 4. The fourth-order valence-corrected chi connectivity index (χ4v) is 3.15. The van der Waals surface area contributed by atoms with Crippen LogP contribution in [0.1, 0.15) is 19.3 Å². The Balaban J connectivity index is 2.11. The average molecular weight is 325 g/mol. The van der Waals surface area contributed by atoms with Crippen LogP contribution in [0.5, 0.6) is 5.75 Å². The normalized spacial score (nSPS) is 20.2. The van der Waals surface area contributed by atoms with E-state index in [4.69, 9.17) is 31.8 Å². The largest absolute Gasteiger partial charge is 0.489 e. The van der Waals surface area contributed by atoms with Crippen molar-refractivity contribution >= 4 is 31.3 Å². The molecule has 4 nitrogen and oxygen atoms in total. The smallest absolute Gasteiger partial charge is 0.265 e. The number of hydrogen-bond acceptors (Lipinski definition) is 4. The van der Waals surface area contributed by atoms with Crippen molar-refractivity contribution in [2.24, 2.45) is 0 Å². The minimum absolute atomic E-state index is 0.00434. The predicted molar refractivity (Wildman–Crippen MR) is 73.6 cm³/mol. The van der Waals surface area contributed by atoms with Gasteiger partial charge in [0.15, 0.2) is 0 Å². The molecular formula is C12H14Cl2O4S. The zero-order valence-electron chi connectivity index (χ0n) is 10.1. The molecule has 2 rings (SSSR count). The van der Waals surface area contributed by atoms with E-state index in [1.807, 2.05) is 0 Å². The summed E-state index contributed by atoms with van der Waals surface area (Å²) in [4.78, 5) is -0.113. The predicted octanol–water partition coefficient (Wildman–Crippen LogP) is 3.22. The molecule has 7 heteroatoms. The summed E-state index contributed by atoms with van der Waals surface area (Å²) < 4.78 is 33.9. The van der Waals surface area contributed by atoms with Crippen LogP contribution < -0.4 is 4.74 Å². The standard InChI is InChI=1S/C12H14Cl2O4S/c13-9-4-5-11(12(7-9)19(14,15)16)18-8-10-3-1-2-6-17-10/h4-5,7,10H,1-3,6,8H2. The van der Waals surface area contributed by atoms with E-state index in [9.17, 15) is 8.42 Å². The molecule has 0 spiro atoms. The fourth-order valence-electron chi connectivity index (χ4n) is 1.91. The van der Waals surface area contributed by atoms with Crippen molar-refractivity contribution in [2.45, 2.75) is 30.3 Å². The van der Waals surface area contributed by atoms with Crippen molar-refractivity contribution in [2.75, 3.05) is 13.2 Å². The molecule has 1 aliphatic heterocycles. The fraction of sp³-hybridized carbons (Fsp3) is 0.500. The van der Waals surface area contributed by atoms with Gasteiger partial charge in [-0.2, -0.15) is 0 Å². The Morgan fingerprint density at radius 3 is 2.79 bits per heavy atom. The Morgan fingerprint density at radius 1 is 1.37 bits per heavy atom. The second-order valence-corrected chi connectivity index (χ2v) is 7.30. The SMILES string of the molecule is O=S(=O)(Cl)c1cc(Cl)ccc1OCC1CCCCO1. The van der Waals surface area contributed by atoms with Crippen LogP contribution in [-0.4, -0.2) is 27.7 Å². The van der Waals surface area contributed by atoms with Gasteiger partial charge >= 0.3 is 0 Å². The Bertz CT molecular complexity index is 539. The van der Waals surface area contributed by atoms with Gasteiger partial charge < -0.3 is 9.47 Å². The van der Waals surface area contributed by atoms with Crippen LogP contribution in [0.2, 0.25) is 5.02 Å². The molecule has 19 heavy (non-hydrogen) atoms. The maximum atomic E-state index is 11.5. The lowest BCUT2D eigenvalue weighted by atomic mass is 10.1. The lowest BCUT2D eigenvalue weighted by molar-refractivity contribution is -0.0116. The molecule has 1 aromatic rings. The molecule has 1 aromatic carbocycles. The molecule has 0 aromatic heterocycles. The summed E-state index contributed by atoms with van der Waals surface area (Å²) in [5, 5.41) is 0.292. The van der Waals surface area contributed by atoms with E-state index in [0.29, 0.717) is 11.6 Å². The van der Waals surface area contributed by atoms with Crippen LogP contribution in [0, 0.1) is 0 Å². The van der Waals surface area contributed by atoms with Crippen LogP contribution >= 0.6 is 22.3 Å². The Kier molecular flexibility index (Phi) is 4.95. The number of halogens is 2. The zero-order chi connectivity index (χ0) is 13.9. The van der Waals surface area contributed by atoms with Gasteiger partial charge in [0.25, 0.3) is 9.05 Å². The second-order valence-electron chi connectivity index (χ2n) is 4.33. The highest BCUT2D eigenvalue weighted by atomic mass is 35.7. The molecule has 106 valence electrons. The Labute approximate surface area is 122 Å². The lowest BCUT2D eigenvalue weighted by Crippen LogP contribution is -2.26. The number of benzene rings is 1. The summed E-state index contributed by atoms with van der Waals surface area (Å²) >= 11 is 5.77. The minimum Gasteiger partial charge on any atom is -0.489 e. The summed E-state index contributed by atoms with van der Waals surface area (Å²) in [5.41, 5.74) is 0.